The summed E-state index contributed by atoms with van der Waals surface area (Å²) in [6.07, 6.45) is 2.37. The van der Waals surface area contributed by atoms with Gasteiger partial charge in [-0.1, -0.05) is 17.7 Å². The summed E-state index contributed by atoms with van der Waals surface area (Å²) in [4.78, 5) is 3.84. The van der Waals surface area contributed by atoms with Crippen LogP contribution in [-0.4, -0.2) is 12.6 Å². The van der Waals surface area contributed by atoms with E-state index in [2.05, 4.69) is 65.0 Å². The Labute approximate surface area is 139 Å². The minimum atomic E-state index is 0.0998. The van der Waals surface area contributed by atoms with Crippen molar-refractivity contribution in [3.63, 3.8) is 0 Å². The summed E-state index contributed by atoms with van der Waals surface area (Å²) in [5.74, 6) is 0. The molecule has 2 atom stereocenters. The molecule has 4 heteroatoms. The normalized spacial score (nSPS) is 17.4. The second-order valence-electron chi connectivity index (χ2n) is 5.87. The fraction of sp³-hybridized carbons (Fsp3) is 0.412. The maximum atomic E-state index is 6.35. The third-order valence-electron chi connectivity index (χ3n) is 4.11. The number of nitrogens with zero attached hydrogens (tertiary/aromatic N) is 1. The molecule has 2 unspecified atom stereocenters. The highest BCUT2D eigenvalue weighted by Crippen LogP contribution is 2.39. The van der Waals surface area contributed by atoms with Crippen LogP contribution in [0, 0.1) is 6.92 Å². The fourth-order valence-corrected chi connectivity index (χ4v) is 4.88. The van der Waals surface area contributed by atoms with Crippen molar-refractivity contribution in [1.82, 2.24) is 0 Å². The summed E-state index contributed by atoms with van der Waals surface area (Å²) in [7, 11) is 0. The predicted octanol–water partition coefficient (Wildman–Crippen LogP) is 4.66. The molecule has 2 aromatic rings. The Bertz CT molecular complexity index is 635. The van der Waals surface area contributed by atoms with Crippen LogP contribution in [-0.2, 0) is 6.42 Å². The monoisotopic (exact) mass is 364 g/mol. The van der Waals surface area contributed by atoms with Crippen molar-refractivity contribution in [2.45, 2.75) is 38.8 Å². The maximum Gasteiger partial charge on any atom is 0.0783 e. The van der Waals surface area contributed by atoms with Crippen LogP contribution < -0.4 is 10.6 Å². The number of halogens is 1. The van der Waals surface area contributed by atoms with E-state index in [0.29, 0.717) is 0 Å². The summed E-state index contributed by atoms with van der Waals surface area (Å²) in [6.45, 7) is 5.36. The summed E-state index contributed by atoms with van der Waals surface area (Å²) in [5, 5.41) is 0. The van der Waals surface area contributed by atoms with Gasteiger partial charge in [-0.05, 0) is 66.4 Å². The lowest BCUT2D eigenvalue weighted by molar-refractivity contribution is 0.516. The first-order chi connectivity index (χ1) is 10.1. The molecule has 0 amide bonds. The molecule has 1 aromatic heterocycles. The van der Waals surface area contributed by atoms with Crippen LogP contribution in [0.3, 0.4) is 0 Å². The molecule has 112 valence electrons. The van der Waals surface area contributed by atoms with Crippen molar-refractivity contribution in [1.29, 1.82) is 0 Å². The third-order valence-corrected chi connectivity index (χ3v) is 5.80. The molecular weight excluding hydrogens is 344 g/mol. The van der Waals surface area contributed by atoms with E-state index in [1.807, 2.05) is 0 Å². The van der Waals surface area contributed by atoms with E-state index in [1.54, 1.807) is 11.3 Å². The third kappa shape index (κ3) is 3.03. The van der Waals surface area contributed by atoms with Gasteiger partial charge in [0.15, 0.2) is 0 Å². The molecule has 0 fully saturated rings. The standard InChI is InChI=1S/C17H21BrN2S/c1-11-5-6-14-13(10-11)4-3-9-20(14)17(12(2)19)15-7-8-16(18)21-15/h5-8,10,12,17H,3-4,9,19H2,1-2H3. The van der Waals surface area contributed by atoms with E-state index in [9.17, 15) is 0 Å². The van der Waals surface area contributed by atoms with Crippen molar-refractivity contribution in [2.24, 2.45) is 5.73 Å². The Morgan fingerprint density at radius 2 is 2.10 bits per heavy atom. The molecule has 3 rings (SSSR count). The first kappa shape index (κ1) is 15.1. The molecule has 2 N–H and O–H groups in total. The van der Waals surface area contributed by atoms with E-state index in [0.717, 1.165) is 6.54 Å². The highest BCUT2D eigenvalue weighted by atomic mass is 79.9. The SMILES string of the molecule is Cc1ccc2c(c1)CCCN2C(c1ccc(Br)s1)C(C)N. The van der Waals surface area contributed by atoms with Crippen LogP contribution in [0.1, 0.15) is 35.4 Å². The minimum absolute atomic E-state index is 0.0998. The Hall–Kier alpha value is -0.840. The van der Waals surface area contributed by atoms with Crippen molar-refractivity contribution in [2.75, 3.05) is 11.4 Å². The van der Waals surface area contributed by atoms with Gasteiger partial charge in [-0.3, -0.25) is 0 Å². The average molecular weight is 365 g/mol. The molecule has 2 nitrogen and oxygen atoms in total. The van der Waals surface area contributed by atoms with Crippen LogP contribution in [0.15, 0.2) is 34.1 Å². The van der Waals surface area contributed by atoms with Gasteiger partial charge in [0.25, 0.3) is 0 Å². The van der Waals surface area contributed by atoms with Crippen LogP contribution in [0.2, 0.25) is 0 Å². The average Bonchev–Trinajstić information content (AvgIpc) is 2.84. The number of fused-ring (bicyclic) bond motifs is 1. The molecule has 0 saturated carbocycles. The van der Waals surface area contributed by atoms with Crippen molar-refractivity contribution in [3.8, 4) is 0 Å². The van der Waals surface area contributed by atoms with E-state index in [4.69, 9.17) is 5.73 Å². The van der Waals surface area contributed by atoms with Gasteiger partial charge in [0.1, 0.15) is 0 Å². The number of rotatable bonds is 3. The number of hydrogen-bond donors (Lipinski definition) is 1. The highest BCUT2D eigenvalue weighted by molar-refractivity contribution is 9.11. The smallest absolute Gasteiger partial charge is 0.0783 e. The molecule has 0 spiro atoms. The largest absolute Gasteiger partial charge is 0.362 e. The van der Waals surface area contributed by atoms with E-state index in [-0.39, 0.29) is 12.1 Å². The maximum absolute atomic E-state index is 6.35. The topological polar surface area (TPSA) is 29.3 Å². The zero-order chi connectivity index (χ0) is 15.0. The van der Waals surface area contributed by atoms with E-state index < -0.39 is 0 Å². The van der Waals surface area contributed by atoms with Gasteiger partial charge in [-0.2, -0.15) is 0 Å². The number of hydrogen-bond acceptors (Lipinski definition) is 3. The van der Waals surface area contributed by atoms with Crippen molar-refractivity contribution < 1.29 is 0 Å². The predicted molar refractivity (Wildman–Crippen MR) is 95.3 cm³/mol. The van der Waals surface area contributed by atoms with E-state index >= 15 is 0 Å². The second kappa shape index (κ2) is 6.11. The number of thiophene rings is 1. The molecule has 0 aliphatic carbocycles. The van der Waals surface area contributed by atoms with Gasteiger partial charge in [-0.25, -0.2) is 0 Å². The molecule has 1 aromatic carbocycles. The second-order valence-corrected chi connectivity index (χ2v) is 8.37. The Kier molecular flexibility index (Phi) is 4.38. The van der Waals surface area contributed by atoms with Crippen LogP contribution in [0.4, 0.5) is 5.69 Å². The molecule has 0 radical (unpaired) electrons. The van der Waals surface area contributed by atoms with Gasteiger partial charge in [0.05, 0.1) is 9.83 Å². The summed E-state index contributed by atoms with van der Waals surface area (Å²) in [5.41, 5.74) is 10.5. The van der Waals surface area contributed by atoms with Gasteiger partial charge >= 0.3 is 0 Å². The molecular formula is C17H21BrN2S. The first-order valence-corrected chi connectivity index (χ1v) is 9.04. The summed E-state index contributed by atoms with van der Waals surface area (Å²) < 4.78 is 1.17. The lowest BCUT2D eigenvalue weighted by atomic mass is 9.96. The van der Waals surface area contributed by atoms with Crippen LogP contribution in [0.25, 0.3) is 0 Å². The Balaban J connectivity index is 2.02. The lowest BCUT2D eigenvalue weighted by Gasteiger charge is -2.39. The van der Waals surface area contributed by atoms with Crippen molar-refractivity contribution >= 4 is 33.0 Å². The quantitative estimate of drug-likeness (QED) is 0.857. The zero-order valence-corrected chi connectivity index (χ0v) is 14.9. The summed E-state index contributed by atoms with van der Waals surface area (Å²) >= 11 is 5.36. The van der Waals surface area contributed by atoms with Crippen LogP contribution in [0.5, 0.6) is 0 Å². The number of anilines is 1. The molecule has 0 saturated heterocycles. The molecule has 1 aliphatic heterocycles. The first-order valence-electron chi connectivity index (χ1n) is 7.43. The fourth-order valence-electron chi connectivity index (χ4n) is 3.23. The van der Waals surface area contributed by atoms with Crippen molar-refractivity contribution in [3.05, 3.63) is 50.1 Å². The van der Waals surface area contributed by atoms with Gasteiger partial charge in [0, 0.05) is 23.2 Å². The minimum Gasteiger partial charge on any atom is -0.362 e. The molecule has 0 bridgehead atoms. The van der Waals surface area contributed by atoms with Crippen LogP contribution >= 0.6 is 27.3 Å². The number of aryl methyl sites for hydroxylation is 2. The Morgan fingerprint density at radius 1 is 1.29 bits per heavy atom. The summed E-state index contributed by atoms with van der Waals surface area (Å²) in [6, 6.07) is 11.5. The van der Waals surface area contributed by atoms with Gasteiger partial charge < -0.3 is 10.6 Å². The molecule has 1 aliphatic rings. The van der Waals surface area contributed by atoms with E-state index in [1.165, 1.54) is 38.3 Å². The van der Waals surface area contributed by atoms with Gasteiger partial charge in [-0.15, -0.1) is 11.3 Å². The van der Waals surface area contributed by atoms with Gasteiger partial charge in [0.2, 0.25) is 0 Å². The number of nitrogens with two attached hydrogens (primary N) is 1. The molecule has 21 heavy (non-hydrogen) atoms. The molecule has 2 heterocycles. The lowest BCUT2D eigenvalue weighted by Crippen LogP contribution is -2.41. The highest BCUT2D eigenvalue weighted by Gasteiger charge is 2.29. The Morgan fingerprint density at radius 3 is 2.76 bits per heavy atom. The number of benzene rings is 1. The zero-order valence-electron chi connectivity index (χ0n) is 12.5.